The van der Waals surface area contributed by atoms with Crippen LogP contribution < -0.4 is 0 Å². The Morgan fingerprint density at radius 3 is 2.33 bits per heavy atom. The van der Waals surface area contributed by atoms with Gasteiger partial charge in [-0.1, -0.05) is 0 Å². The SMILES string of the molecule is O=C=N[P+](=O)S. The van der Waals surface area contributed by atoms with Gasteiger partial charge in [-0.2, -0.15) is 0 Å². The lowest BCUT2D eigenvalue weighted by Gasteiger charge is -1.39. The molecule has 0 saturated carbocycles. The molecule has 0 spiro atoms. The lowest BCUT2D eigenvalue weighted by molar-refractivity contribution is 0.565. The van der Waals surface area contributed by atoms with E-state index in [1.165, 1.54) is 0 Å². The molecule has 32 valence electrons. The predicted molar refractivity (Wildman–Crippen MR) is 24.7 cm³/mol. The number of isocyanates is 1. The smallest absolute Gasteiger partial charge is 0.207 e. The first kappa shape index (κ1) is 5.83. The number of thiol groups is 1. The Kier molecular flexibility index (Phi) is 2.95. The molecule has 6 heavy (non-hydrogen) atoms. The van der Waals surface area contributed by atoms with Crippen molar-refractivity contribution in [1.29, 1.82) is 0 Å². The van der Waals surface area contributed by atoms with Crippen molar-refractivity contribution in [3.8, 4) is 0 Å². The van der Waals surface area contributed by atoms with Gasteiger partial charge in [-0.15, -0.1) is 0 Å². The monoisotopic (exact) mass is 122 g/mol. The predicted octanol–water partition coefficient (Wildman–Crippen LogP) is 0.909. The molecule has 0 heterocycles. The highest BCUT2D eigenvalue weighted by Crippen LogP contribution is 2.24. The molecule has 0 aromatic heterocycles. The van der Waals surface area contributed by atoms with Gasteiger partial charge >= 0.3 is 7.15 Å². The molecule has 0 aliphatic rings. The van der Waals surface area contributed by atoms with Gasteiger partial charge in [0.25, 0.3) is 6.08 Å². The summed E-state index contributed by atoms with van der Waals surface area (Å²) in [6.45, 7) is 0. The van der Waals surface area contributed by atoms with Crippen molar-refractivity contribution in [2.45, 2.75) is 0 Å². The zero-order valence-electron chi connectivity index (χ0n) is 2.66. The quantitative estimate of drug-likeness (QED) is 0.243. The average molecular weight is 122 g/mol. The normalized spacial score (nSPS) is 9.17. The van der Waals surface area contributed by atoms with Crippen LogP contribution in [-0.4, -0.2) is 6.08 Å². The maximum Gasteiger partial charge on any atom is 0.569 e. The minimum Gasteiger partial charge on any atom is -0.207 e. The van der Waals surface area contributed by atoms with Crippen LogP contribution in [-0.2, 0) is 9.36 Å². The number of rotatable bonds is 1. The highest BCUT2D eigenvalue weighted by Gasteiger charge is 1.99. The first-order valence-corrected chi connectivity index (χ1v) is 3.38. The average Bonchev–Trinajstić information content (AvgIpc) is 1.35. The molecule has 0 N–H and O–H groups in total. The second-order valence-corrected chi connectivity index (χ2v) is 2.18. The lowest BCUT2D eigenvalue weighted by Crippen LogP contribution is -1.34. The van der Waals surface area contributed by atoms with Gasteiger partial charge in [0.1, 0.15) is 12.2 Å². The molecule has 5 heteroatoms. The van der Waals surface area contributed by atoms with E-state index in [1.54, 1.807) is 0 Å². The third-order valence-corrected chi connectivity index (χ3v) is 0.647. The van der Waals surface area contributed by atoms with Crippen molar-refractivity contribution in [3.63, 3.8) is 0 Å². The standard InChI is InChI=1S/CNO2PS/c3-1-2-5(4)6/p+1. The number of carbonyl (C=O) groups excluding carboxylic acids is 1. The summed E-state index contributed by atoms with van der Waals surface area (Å²) in [6.07, 6.45) is 1.08. The molecule has 0 amide bonds. The summed E-state index contributed by atoms with van der Waals surface area (Å²) in [5.74, 6) is 0. The Balaban J connectivity index is 3.60. The molecular formula is CHNO2PS+. The molecule has 3 nitrogen and oxygen atoms in total. The fourth-order valence-corrected chi connectivity index (χ4v) is 0.214. The number of hydrogen-bond donors (Lipinski definition) is 1. The van der Waals surface area contributed by atoms with E-state index in [0.717, 1.165) is 6.08 Å². The van der Waals surface area contributed by atoms with Gasteiger partial charge in [0, 0.05) is 0 Å². The zero-order chi connectivity index (χ0) is 4.99. The Morgan fingerprint density at radius 1 is 1.83 bits per heavy atom. The van der Waals surface area contributed by atoms with Crippen molar-refractivity contribution in [3.05, 3.63) is 0 Å². The summed E-state index contributed by atoms with van der Waals surface area (Å²) in [5.41, 5.74) is 0. The minimum absolute atomic E-state index is 1.08. The Labute approximate surface area is 40.5 Å². The highest BCUT2D eigenvalue weighted by atomic mass is 32.7. The summed E-state index contributed by atoms with van der Waals surface area (Å²) in [4.78, 5) is 9.09. The summed E-state index contributed by atoms with van der Waals surface area (Å²) in [7, 11) is -1.95. The van der Waals surface area contributed by atoms with E-state index in [9.17, 15) is 4.57 Å². The Hall–Kier alpha value is -0.170. The van der Waals surface area contributed by atoms with E-state index < -0.39 is 7.15 Å². The third kappa shape index (κ3) is 3.83. The fourth-order valence-electron chi connectivity index (χ4n) is 0.0349. The van der Waals surface area contributed by atoms with Gasteiger partial charge < -0.3 is 0 Å². The molecular weight excluding hydrogens is 121 g/mol. The topological polar surface area (TPSA) is 46.5 Å². The minimum atomic E-state index is -1.95. The second-order valence-electron chi connectivity index (χ2n) is 0.444. The van der Waals surface area contributed by atoms with Crippen molar-refractivity contribution in [2.75, 3.05) is 0 Å². The van der Waals surface area contributed by atoms with Gasteiger partial charge in [0.05, 0.1) is 4.76 Å². The molecule has 0 bridgehead atoms. The van der Waals surface area contributed by atoms with E-state index in [2.05, 4.69) is 17.0 Å². The molecule has 0 saturated heterocycles. The van der Waals surface area contributed by atoms with Gasteiger partial charge in [0.15, 0.2) is 0 Å². The lowest BCUT2D eigenvalue weighted by atomic mass is 11.7. The Bertz CT molecular complexity index is 106. The Morgan fingerprint density at radius 2 is 2.33 bits per heavy atom. The van der Waals surface area contributed by atoms with Gasteiger partial charge in [-0.25, -0.2) is 4.79 Å². The van der Waals surface area contributed by atoms with Crippen molar-refractivity contribution < 1.29 is 9.36 Å². The molecule has 1 unspecified atom stereocenters. The maximum absolute atomic E-state index is 9.63. The van der Waals surface area contributed by atoms with E-state index in [4.69, 9.17) is 4.79 Å². The third-order valence-electron chi connectivity index (χ3n) is 0.126. The molecule has 1 atom stereocenters. The highest BCUT2D eigenvalue weighted by molar-refractivity contribution is 8.40. The van der Waals surface area contributed by atoms with Crippen LogP contribution in [0.1, 0.15) is 0 Å². The summed E-state index contributed by atoms with van der Waals surface area (Å²) < 4.78 is 12.3. The molecule has 0 aliphatic heterocycles. The molecule has 0 radical (unpaired) electrons. The molecule has 0 aromatic carbocycles. The molecule has 0 fully saturated rings. The summed E-state index contributed by atoms with van der Waals surface area (Å²) >= 11 is 3.26. The van der Waals surface area contributed by atoms with E-state index >= 15 is 0 Å². The number of nitrogens with zero attached hydrogens (tertiary/aromatic N) is 1. The first-order valence-electron chi connectivity index (χ1n) is 1.01. The van der Waals surface area contributed by atoms with Crippen LogP contribution in [0.15, 0.2) is 4.76 Å². The largest absolute Gasteiger partial charge is 0.569 e. The van der Waals surface area contributed by atoms with E-state index in [-0.39, 0.29) is 0 Å². The molecule has 0 aromatic rings. The van der Waals surface area contributed by atoms with Crippen LogP contribution in [0.5, 0.6) is 0 Å². The first-order chi connectivity index (χ1) is 2.77. The van der Waals surface area contributed by atoms with E-state index in [1.807, 2.05) is 0 Å². The van der Waals surface area contributed by atoms with E-state index in [0.29, 0.717) is 0 Å². The number of hydrogen-bond acceptors (Lipinski definition) is 2. The molecule has 0 aliphatic carbocycles. The second kappa shape index (κ2) is 3.04. The van der Waals surface area contributed by atoms with Gasteiger partial charge in [0.2, 0.25) is 0 Å². The van der Waals surface area contributed by atoms with Gasteiger partial charge in [-0.3, -0.25) is 0 Å². The van der Waals surface area contributed by atoms with Crippen molar-refractivity contribution in [1.82, 2.24) is 0 Å². The maximum atomic E-state index is 9.63. The van der Waals surface area contributed by atoms with Crippen LogP contribution in [0, 0.1) is 0 Å². The van der Waals surface area contributed by atoms with Crippen molar-refractivity contribution >= 4 is 25.5 Å². The van der Waals surface area contributed by atoms with Crippen LogP contribution in [0.3, 0.4) is 0 Å². The van der Waals surface area contributed by atoms with Crippen molar-refractivity contribution in [2.24, 2.45) is 4.76 Å². The fraction of sp³-hybridized carbons (Fsp3) is 0. The zero-order valence-corrected chi connectivity index (χ0v) is 4.45. The van der Waals surface area contributed by atoms with Gasteiger partial charge in [-0.05, 0) is 4.57 Å². The van der Waals surface area contributed by atoms with Crippen LogP contribution in [0.2, 0.25) is 0 Å². The van der Waals surface area contributed by atoms with Crippen LogP contribution in [0.4, 0.5) is 0 Å². The van der Waals surface area contributed by atoms with Crippen LogP contribution >= 0.6 is 19.4 Å². The van der Waals surface area contributed by atoms with Crippen LogP contribution in [0.25, 0.3) is 0 Å². The summed E-state index contributed by atoms with van der Waals surface area (Å²) in [5, 5.41) is 0. The summed E-state index contributed by atoms with van der Waals surface area (Å²) in [6, 6.07) is 0. The molecule has 0 rings (SSSR count).